The Hall–Kier alpha value is -0.0800. The molecule has 0 saturated carbocycles. The fourth-order valence-corrected chi connectivity index (χ4v) is 2.43. The van der Waals surface area contributed by atoms with Crippen LogP contribution in [0.25, 0.3) is 0 Å². The average Bonchev–Trinajstić information content (AvgIpc) is 2.03. The lowest BCUT2D eigenvalue weighted by molar-refractivity contribution is 0.000953. The van der Waals surface area contributed by atoms with Gasteiger partial charge in [-0.25, -0.2) is 0 Å². The molecule has 0 spiro atoms. The van der Waals surface area contributed by atoms with Crippen LogP contribution in [0.3, 0.4) is 0 Å². The number of nitrogens with one attached hydrogen (secondary N) is 1. The molecule has 2 heterocycles. The molecule has 2 bridgehead atoms. The first-order valence-corrected chi connectivity index (χ1v) is 5.09. The molecule has 0 aromatic carbocycles. The molecule has 2 fully saturated rings. The second kappa shape index (κ2) is 3.35. The Morgan fingerprint density at radius 2 is 1.75 bits per heavy atom. The molecular weight excluding hydrogens is 150 g/mol. The zero-order valence-electron chi connectivity index (χ0n) is 8.05. The molecule has 0 amide bonds. The Morgan fingerprint density at radius 1 is 1.17 bits per heavy atom. The number of piperidine rings is 1. The molecule has 0 radical (unpaired) electrons. The Kier molecular flexibility index (Phi) is 2.37. The van der Waals surface area contributed by atoms with Crippen LogP contribution in [-0.4, -0.2) is 25.3 Å². The number of fused-ring (bicyclic) bond motifs is 2. The van der Waals surface area contributed by atoms with Gasteiger partial charge >= 0.3 is 0 Å². The highest BCUT2D eigenvalue weighted by molar-refractivity contribution is 4.89. The lowest BCUT2D eigenvalue weighted by Gasteiger charge is -2.41. The Labute approximate surface area is 74.7 Å². The standard InChI is InChI=1S/C10H19NO/c1-7(2)8-3-9-5-12-6-10(4-8)11-9/h7-11H,3-6H2,1-2H3. The molecule has 2 unspecified atom stereocenters. The van der Waals surface area contributed by atoms with Crippen molar-refractivity contribution < 1.29 is 4.74 Å². The van der Waals surface area contributed by atoms with Gasteiger partial charge in [0.1, 0.15) is 0 Å². The van der Waals surface area contributed by atoms with Crippen LogP contribution in [0.4, 0.5) is 0 Å². The second-order valence-electron chi connectivity index (χ2n) is 4.57. The molecule has 0 aromatic heterocycles. The fraction of sp³-hybridized carbons (Fsp3) is 1.00. The van der Waals surface area contributed by atoms with Gasteiger partial charge < -0.3 is 10.1 Å². The molecule has 2 atom stereocenters. The summed E-state index contributed by atoms with van der Waals surface area (Å²) in [4.78, 5) is 0. The zero-order valence-corrected chi connectivity index (χ0v) is 8.05. The summed E-state index contributed by atoms with van der Waals surface area (Å²) in [6.45, 7) is 6.54. The first-order chi connectivity index (χ1) is 5.75. The van der Waals surface area contributed by atoms with Gasteiger partial charge in [0.15, 0.2) is 0 Å². The van der Waals surface area contributed by atoms with E-state index in [1.807, 2.05) is 0 Å². The molecule has 2 saturated heterocycles. The van der Waals surface area contributed by atoms with E-state index in [9.17, 15) is 0 Å². The topological polar surface area (TPSA) is 21.3 Å². The number of hydrogen-bond donors (Lipinski definition) is 1. The van der Waals surface area contributed by atoms with Crippen LogP contribution in [0.1, 0.15) is 26.7 Å². The Bertz CT molecular complexity index is 146. The van der Waals surface area contributed by atoms with Crippen LogP contribution in [0.2, 0.25) is 0 Å². The quantitative estimate of drug-likeness (QED) is 0.641. The van der Waals surface area contributed by atoms with Gasteiger partial charge in [-0.2, -0.15) is 0 Å². The third-order valence-corrected chi connectivity index (χ3v) is 3.23. The predicted octanol–water partition coefficient (Wildman–Crippen LogP) is 1.41. The van der Waals surface area contributed by atoms with Crippen molar-refractivity contribution in [3.05, 3.63) is 0 Å². The third kappa shape index (κ3) is 1.64. The summed E-state index contributed by atoms with van der Waals surface area (Å²) in [5.74, 6) is 1.76. The molecule has 2 aliphatic heterocycles. The van der Waals surface area contributed by atoms with E-state index in [2.05, 4.69) is 19.2 Å². The van der Waals surface area contributed by atoms with Gasteiger partial charge in [-0.05, 0) is 24.7 Å². The number of ether oxygens (including phenoxy) is 1. The van der Waals surface area contributed by atoms with Crippen LogP contribution < -0.4 is 5.32 Å². The van der Waals surface area contributed by atoms with E-state index in [4.69, 9.17) is 4.74 Å². The Balaban J connectivity index is 1.96. The summed E-state index contributed by atoms with van der Waals surface area (Å²) < 4.78 is 5.50. The highest BCUT2D eigenvalue weighted by Crippen LogP contribution is 2.29. The SMILES string of the molecule is CC(C)C1CC2COCC(C1)N2. The van der Waals surface area contributed by atoms with Crippen molar-refractivity contribution in [3.63, 3.8) is 0 Å². The second-order valence-corrected chi connectivity index (χ2v) is 4.57. The number of rotatable bonds is 1. The molecule has 0 aromatic rings. The van der Waals surface area contributed by atoms with E-state index in [1.54, 1.807) is 0 Å². The lowest BCUT2D eigenvalue weighted by atomic mass is 9.80. The smallest absolute Gasteiger partial charge is 0.0620 e. The molecular formula is C10H19NO. The van der Waals surface area contributed by atoms with Crippen molar-refractivity contribution in [1.29, 1.82) is 0 Å². The van der Waals surface area contributed by atoms with Crippen molar-refractivity contribution >= 4 is 0 Å². The maximum Gasteiger partial charge on any atom is 0.0620 e. The molecule has 2 aliphatic rings. The molecule has 70 valence electrons. The fourth-order valence-electron chi connectivity index (χ4n) is 2.43. The zero-order chi connectivity index (χ0) is 8.55. The summed E-state index contributed by atoms with van der Waals surface area (Å²) in [6.07, 6.45) is 2.63. The van der Waals surface area contributed by atoms with Crippen molar-refractivity contribution in [2.45, 2.75) is 38.8 Å². The van der Waals surface area contributed by atoms with Gasteiger partial charge in [-0.1, -0.05) is 13.8 Å². The summed E-state index contributed by atoms with van der Waals surface area (Å²) in [6, 6.07) is 1.29. The number of morpholine rings is 1. The largest absolute Gasteiger partial charge is 0.378 e. The van der Waals surface area contributed by atoms with Gasteiger partial charge in [0.05, 0.1) is 13.2 Å². The van der Waals surface area contributed by atoms with Crippen molar-refractivity contribution in [2.24, 2.45) is 11.8 Å². The van der Waals surface area contributed by atoms with Gasteiger partial charge in [0.25, 0.3) is 0 Å². The summed E-state index contributed by atoms with van der Waals surface area (Å²) in [7, 11) is 0. The summed E-state index contributed by atoms with van der Waals surface area (Å²) >= 11 is 0. The third-order valence-electron chi connectivity index (χ3n) is 3.23. The maximum absolute atomic E-state index is 5.50. The van der Waals surface area contributed by atoms with Crippen LogP contribution in [0.15, 0.2) is 0 Å². The maximum atomic E-state index is 5.50. The van der Waals surface area contributed by atoms with Crippen LogP contribution in [-0.2, 0) is 4.74 Å². The predicted molar refractivity (Wildman–Crippen MR) is 49.1 cm³/mol. The van der Waals surface area contributed by atoms with Crippen LogP contribution in [0.5, 0.6) is 0 Å². The monoisotopic (exact) mass is 169 g/mol. The lowest BCUT2D eigenvalue weighted by Crippen LogP contribution is -2.54. The molecule has 1 N–H and O–H groups in total. The normalized spacial score (nSPS) is 41.8. The van der Waals surface area contributed by atoms with Crippen LogP contribution >= 0.6 is 0 Å². The summed E-state index contributed by atoms with van der Waals surface area (Å²) in [5.41, 5.74) is 0. The molecule has 12 heavy (non-hydrogen) atoms. The van der Waals surface area contributed by atoms with Crippen molar-refractivity contribution in [2.75, 3.05) is 13.2 Å². The number of hydrogen-bond acceptors (Lipinski definition) is 2. The minimum atomic E-state index is 0.643. The molecule has 2 heteroatoms. The van der Waals surface area contributed by atoms with Gasteiger partial charge in [-0.15, -0.1) is 0 Å². The highest BCUT2D eigenvalue weighted by atomic mass is 16.5. The average molecular weight is 169 g/mol. The van der Waals surface area contributed by atoms with E-state index in [1.165, 1.54) is 12.8 Å². The first kappa shape index (κ1) is 8.52. The molecule has 0 aliphatic carbocycles. The van der Waals surface area contributed by atoms with E-state index in [0.29, 0.717) is 12.1 Å². The van der Waals surface area contributed by atoms with E-state index < -0.39 is 0 Å². The van der Waals surface area contributed by atoms with Crippen molar-refractivity contribution in [3.8, 4) is 0 Å². The van der Waals surface area contributed by atoms with Gasteiger partial charge in [0, 0.05) is 12.1 Å². The van der Waals surface area contributed by atoms with Gasteiger partial charge in [-0.3, -0.25) is 0 Å². The minimum absolute atomic E-state index is 0.643. The van der Waals surface area contributed by atoms with Crippen molar-refractivity contribution in [1.82, 2.24) is 5.32 Å². The van der Waals surface area contributed by atoms with E-state index in [0.717, 1.165) is 25.0 Å². The van der Waals surface area contributed by atoms with Gasteiger partial charge in [0.2, 0.25) is 0 Å². The first-order valence-electron chi connectivity index (χ1n) is 5.09. The Morgan fingerprint density at radius 3 is 2.25 bits per heavy atom. The van der Waals surface area contributed by atoms with E-state index in [-0.39, 0.29) is 0 Å². The van der Waals surface area contributed by atoms with E-state index >= 15 is 0 Å². The highest BCUT2D eigenvalue weighted by Gasteiger charge is 2.32. The minimum Gasteiger partial charge on any atom is -0.378 e. The summed E-state index contributed by atoms with van der Waals surface area (Å²) in [5, 5.41) is 3.61. The van der Waals surface area contributed by atoms with Crippen LogP contribution in [0, 0.1) is 11.8 Å². The molecule has 2 rings (SSSR count). The molecule has 2 nitrogen and oxygen atoms in total.